The van der Waals surface area contributed by atoms with Gasteiger partial charge in [0.1, 0.15) is 0 Å². The molecule has 2 N–H and O–H groups in total. The zero-order valence-corrected chi connectivity index (χ0v) is 16.1. The number of amides is 1. The number of likely N-dealkylation sites (tertiary alicyclic amines) is 1. The van der Waals surface area contributed by atoms with E-state index in [0.717, 1.165) is 44.9 Å². The van der Waals surface area contributed by atoms with Crippen molar-refractivity contribution in [3.05, 3.63) is 35.4 Å². The molecule has 1 aliphatic heterocycles. The van der Waals surface area contributed by atoms with Crippen molar-refractivity contribution in [3.63, 3.8) is 0 Å². The van der Waals surface area contributed by atoms with Crippen LogP contribution in [-0.2, 0) is 11.3 Å². The SMILES string of the molecule is CCNC(=NCc1cccc(C)c1)NC1CCN(C(=O)C2CCCC2)C1. The minimum absolute atomic E-state index is 0.275. The Bertz CT molecular complexity index is 637. The first-order valence-corrected chi connectivity index (χ1v) is 10.0. The predicted molar refractivity (Wildman–Crippen MR) is 106 cm³/mol. The van der Waals surface area contributed by atoms with Gasteiger partial charge in [0.05, 0.1) is 6.54 Å². The summed E-state index contributed by atoms with van der Waals surface area (Å²) in [5, 5.41) is 6.85. The van der Waals surface area contributed by atoms with E-state index in [0.29, 0.717) is 12.5 Å². The molecule has 1 saturated heterocycles. The number of nitrogens with one attached hydrogen (secondary N) is 2. The maximum atomic E-state index is 12.6. The van der Waals surface area contributed by atoms with Gasteiger partial charge in [-0.2, -0.15) is 0 Å². The quantitative estimate of drug-likeness (QED) is 0.630. The Morgan fingerprint density at radius 2 is 2.08 bits per heavy atom. The van der Waals surface area contributed by atoms with E-state index in [2.05, 4.69) is 53.6 Å². The largest absolute Gasteiger partial charge is 0.357 e. The summed E-state index contributed by atoms with van der Waals surface area (Å²) >= 11 is 0. The molecule has 5 nitrogen and oxygen atoms in total. The highest BCUT2D eigenvalue weighted by Crippen LogP contribution is 2.27. The number of carbonyl (C=O) groups excluding carboxylic acids is 1. The Labute approximate surface area is 157 Å². The lowest BCUT2D eigenvalue weighted by Crippen LogP contribution is -2.45. The number of hydrogen-bond acceptors (Lipinski definition) is 2. The van der Waals surface area contributed by atoms with E-state index in [-0.39, 0.29) is 12.0 Å². The Morgan fingerprint density at radius 1 is 1.27 bits per heavy atom. The van der Waals surface area contributed by atoms with Gasteiger partial charge in [-0.05, 0) is 38.7 Å². The molecule has 1 atom stereocenters. The number of rotatable bonds is 5. The molecule has 1 aromatic carbocycles. The van der Waals surface area contributed by atoms with Crippen LogP contribution in [-0.4, -0.2) is 42.4 Å². The number of aliphatic imine (C=N–C) groups is 1. The van der Waals surface area contributed by atoms with Crippen LogP contribution in [0.3, 0.4) is 0 Å². The molecule has 0 radical (unpaired) electrons. The summed E-state index contributed by atoms with van der Waals surface area (Å²) < 4.78 is 0. The summed E-state index contributed by atoms with van der Waals surface area (Å²) in [7, 11) is 0. The first kappa shape index (κ1) is 18.7. The van der Waals surface area contributed by atoms with Crippen LogP contribution in [0.1, 0.15) is 50.2 Å². The van der Waals surface area contributed by atoms with Crippen LogP contribution in [0.4, 0.5) is 0 Å². The fourth-order valence-electron chi connectivity index (χ4n) is 4.00. The average molecular weight is 357 g/mol. The van der Waals surface area contributed by atoms with Crippen molar-refractivity contribution in [1.29, 1.82) is 0 Å². The van der Waals surface area contributed by atoms with Crippen molar-refractivity contribution in [1.82, 2.24) is 15.5 Å². The molecule has 0 spiro atoms. The molecule has 1 amide bonds. The van der Waals surface area contributed by atoms with E-state index in [1.54, 1.807) is 0 Å². The van der Waals surface area contributed by atoms with Gasteiger partial charge < -0.3 is 15.5 Å². The van der Waals surface area contributed by atoms with Gasteiger partial charge in [-0.3, -0.25) is 4.79 Å². The number of aryl methyl sites for hydroxylation is 1. The standard InChI is InChI=1S/C21H32N4O/c1-3-22-21(23-14-17-8-6-7-16(2)13-17)24-19-11-12-25(15-19)20(26)18-9-4-5-10-18/h6-8,13,18-19H,3-5,9-12,14-15H2,1-2H3,(H2,22,23,24). The van der Waals surface area contributed by atoms with Gasteiger partial charge in [-0.1, -0.05) is 42.7 Å². The molecule has 5 heteroatoms. The van der Waals surface area contributed by atoms with Gasteiger partial charge in [0.2, 0.25) is 5.91 Å². The highest BCUT2D eigenvalue weighted by molar-refractivity contribution is 5.81. The van der Waals surface area contributed by atoms with Crippen molar-refractivity contribution in [3.8, 4) is 0 Å². The number of guanidine groups is 1. The minimum Gasteiger partial charge on any atom is -0.357 e. The molecular weight excluding hydrogens is 324 g/mol. The van der Waals surface area contributed by atoms with Crippen LogP contribution in [0, 0.1) is 12.8 Å². The maximum absolute atomic E-state index is 12.6. The van der Waals surface area contributed by atoms with Crippen LogP contribution in [0.5, 0.6) is 0 Å². The molecule has 142 valence electrons. The number of nitrogens with zero attached hydrogens (tertiary/aromatic N) is 2. The zero-order valence-electron chi connectivity index (χ0n) is 16.1. The molecule has 26 heavy (non-hydrogen) atoms. The van der Waals surface area contributed by atoms with Crippen molar-refractivity contribution in [2.24, 2.45) is 10.9 Å². The Morgan fingerprint density at radius 3 is 2.81 bits per heavy atom. The second-order valence-electron chi connectivity index (χ2n) is 7.58. The highest BCUT2D eigenvalue weighted by atomic mass is 16.2. The van der Waals surface area contributed by atoms with Crippen molar-refractivity contribution < 1.29 is 4.79 Å². The molecule has 1 aromatic rings. The average Bonchev–Trinajstić information content (AvgIpc) is 3.31. The third-order valence-electron chi connectivity index (χ3n) is 5.39. The van der Waals surface area contributed by atoms with Crippen LogP contribution in [0.15, 0.2) is 29.3 Å². The molecule has 0 bridgehead atoms. The molecule has 1 saturated carbocycles. The molecule has 1 aliphatic carbocycles. The lowest BCUT2D eigenvalue weighted by Gasteiger charge is -2.21. The zero-order chi connectivity index (χ0) is 18.4. The summed E-state index contributed by atoms with van der Waals surface area (Å²) in [6.45, 7) is 7.33. The first-order chi connectivity index (χ1) is 12.7. The topological polar surface area (TPSA) is 56.7 Å². The minimum atomic E-state index is 0.275. The summed E-state index contributed by atoms with van der Waals surface area (Å²) in [4.78, 5) is 19.4. The highest BCUT2D eigenvalue weighted by Gasteiger charge is 2.32. The normalized spacial score (nSPS) is 21.2. The number of hydrogen-bond donors (Lipinski definition) is 2. The van der Waals surface area contributed by atoms with Gasteiger partial charge >= 0.3 is 0 Å². The molecular formula is C21H32N4O. The first-order valence-electron chi connectivity index (χ1n) is 10.0. The second-order valence-corrected chi connectivity index (χ2v) is 7.58. The summed E-state index contributed by atoms with van der Waals surface area (Å²) in [6, 6.07) is 8.74. The van der Waals surface area contributed by atoms with Crippen LogP contribution in [0.25, 0.3) is 0 Å². The lowest BCUT2D eigenvalue weighted by molar-refractivity contribution is -0.134. The molecule has 2 aliphatic rings. The number of benzene rings is 1. The number of carbonyl (C=O) groups is 1. The summed E-state index contributed by atoms with van der Waals surface area (Å²) in [5.74, 6) is 1.49. The Kier molecular flexibility index (Phi) is 6.53. The van der Waals surface area contributed by atoms with E-state index < -0.39 is 0 Å². The van der Waals surface area contributed by atoms with Gasteiger partial charge in [0.25, 0.3) is 0 Å². The van der Waals surface area contributed by atoms with E-state index in [1.807, 2.05) is 0 Å². The van der Waals surface area contributed by atoms with E-state index in [9.17, 15) is 4.79 Å². The molecule has 1 unspecified atom stereocenters. The van der Waals surface area contributed by atoms with Gasteiger partial charge in [0, 0.05) is 31.6 Å². The Hall–Kier alpha value is -2.04. The second kappa shape index (κ2) is 9.06. The van der Waals surface area contributed by atoms with Crippen LogP contribution < -0.4 is 10.6 Å². The van der Waals surface area contributed by atoms with E-state index >= 15 is 0 Å². The van der Waals surface area contributed by atoms with Gasteiger partial charge in [0.15, 0.2) is 5.96 Å². The van der Waals surface area contributed by atoms with Crippen LogP contribution in [0.2, 0.25) is 0 Å². The molecule has 1 heterocycles. The predicted octanol–water partition coefficient (Wildman–Crippen LogP) is 2.84. The van der Waals surface area contributed by atoms with Crippen molar-refractivity contribution in [2.75, 3.05) is 19.6 Å². The summed E-state index contributed by atoms with van der Waals surface area (Å²) in [6.07, 6.45) is 5.57. The smallest absolute Gasteiger partial charge is 0.225 e. The third kappa shape index (κ3) is 4.99. The van der Waals surface area contributed by atoms with Gasteiger partial charge in [-0.15, -0.1) is 0 Å². The molecule has 3 rings (SSSR count). The van der Waals surface area contributed by atoms with E-state index in [4.69, 9.17) is 4.99 Å². The summed E-state index contributed by atoms with van der Waals surface area (Å²) in [5.41, 5.74) is 2.47. The van der Waals surface area contributed by atoms with Crippen LogP contribution >= 0.6 is 0 Å². The fourth-order valence-corrected chi connectivity index (χ4v) is 4.00. The third-order valence-corrected chi connectivity index (χ3v) is 5.39. The fraction of sp³-hybridized carbons (Fsp3) is 0.619. The Balaban J connectivity index is 1.54. The van der Waals surface area contributed by atoms with Gasteiger partial charge in [-0.25, -0.2) is 4.99 Å². The molecule has 2 fully saturated rings. The van der Waals surface area contributed by atoms with Crippen molar-refractivity contribution >= 4 is 11.9 Å². The lowest BCUT2D eigenvalue weighted by atomic mass is 10.1. The molecule has 0 aromatic heterocycles. The van der Waals surface area contributed by atoms with Crippen molar-refractivity contribution in [2.45, 2.75) is 58.5 Å². The monoisotopic (exact) mass is 356 g/mol. The maximum Gasteiger partial charge on any atom is 0.225 e. The van der Waals surface area contributed by atoms with E-state index in [1.165, 1.54) is 24.0 Å².